The molecule has 0 radical (unpaired) electrons. The van der Waals surface area contributed by atoms with Gasteiger partial charge < -0.3 is 10.6 Å². The van der Waals surface area contributed by atoms with Gasteiger partial charge in [-0.15, -0.1) is 11.8 Å². The SMILES string of the molecule is O=C(NCC1(Sc2ccccc2)CC1)N[C@H]1CCS(=O)(=O)C1. The number of thioether (sulfide) groups is 1. The molecule has 2 N–H and O–H groups in total. The first-order chi connectivity index (χ1) is 10.5. The summed E-state index contributed by atoms with van der Waals surface area (Å²) < 4.78 is 22.9. The van der Waals surface area contributed by atoms with Gasteiger partial charge in [0.15, 0.2) is 9.84 Å². The Morgan fingerprint density at radius 1 is 1.27 bits per heavy atom. The van der Waals surface area contributed by atoms with Gasteiger partial charge in [-0.2, -0.15) is 0 Å². The minimum atomic E-state index is -2.96. The second-order valence-corrected chi connectivity index (χ2v) is 9.80. The fraction of sp³-hybridized carbons (Fsp3) is 0.533. The third-order valence-corrected chi connectivity index (χ3v) is 7.29. The van der Waals surface area contributed by atoms with Gasteiger partial charge in [-0.3, -0.25) is 0 Å². The van der Waals surface area contributed by atoms with Crippen LogP contribution in [0.3, 0.4) is 0 Å². The molecule has 22 heavy (non-hydrogen) atoms. The summed E-state index contributed by atoms with van der Waals surface area (Å²) in [7, 11) is -2.96. The molecule has 0 unspecified atom stereocenters. The number of carbonyl (C=O) groups is 1. The molecule has 0 spiro atoms. The van der Waals surface area contributed by atoms with E-state index < -0.39 is 9.84 Å². The van der Waals surface area contributed by atoms with Crippen molar-refractivity contribution in [3.8, 4) is 0 Å². The minimum Gasteiger partial charge on any atom is -0.337 e. The number of sulfone groups is 1. The van der Waals surface area contributed by atoms with Crippen molar-refractivity contribution < 1.29 is 13.2 Å². The quantitative estimate of drug-likeness (QED) is 0.857. The van der Waals surface area contributed by atoms with Crippen LogP contribution in [0.25, 0.3) is 0 Å². The number of nitrogens with one attached hydrogen (secondary N) is 2. The molecule has 0 bridgehead atoms. The average Bonchev–Trinajstić information content (AvgIpc) is 3.15. The lowest BCUT2D eigenvalue weighted by molar-refractivity contribution is 0.238. The van der Waals surface area contributed by atoms with Crippen molar-refractivity contribution in [3.05, 3.63) is 30.3 Å². The van der Waals surface area contributed by atoms with E-state index in [2.05, 4.69) is 22.8 Å². The molecule has 120 valence electrons. The first kappa shape index (κ1) is 15.7. The van der Waals surface area contributed by atoms with Crippen molar-refractivity contribution in [2.75, 3.05) is 18.1 Å². The largest absolute Gasteiger partial charge is 0.337 e. The van der Waals surface area contributed by atoms with E-state index in [1.165, 1.54) is 4.90 Å². The molecule has 1 aromatic rings. The van der Waals surface area contributed by atoms with Crippen LogP contribution in [-0.2, 0) is 9.84 Å². The van der Waals surface area contributed by atoms with E-state index in [-0.39, 0.29) is 28.3 Å². The molecular formula is C15H20N2O3S2. The molecule has 2 fully saturated rings. The molecule has 1 heterocycles. The molecule has 1 aromatic carbocycles. The summed E-state index contributed by atoms with van der Waals surface area (Å²) in [5.74, 6) is 0.232. The molecule has 2 amide bonds. The Morgan fingerprint density at radius 2 is 2.00 bits per heavy atom. The van der Waals surface area contributed by atoms with E-state index >= 15 is 0 Å². The molecule has 2 aliphatic rings. The van der Waals surface area contributed by atoms with Crippen LogP contribution in [0.4, 0.5) is 4.79 Å². The highest BCUT2D eigenvalue weighted by molar-refractivity contribution is 8.01. The van der Waals surface area contributed by atoms with Crippen molar-refractivity contribution in [2.45, 2.75) is 34.9 Å². The Labute approximate surface area is 135 Å². The lowest BCUT2D eigenvalue weighted by Gasteiger charge is -2.17. The molecule has 5 nitrogen and oxygen atoms in total. The number of benzene rings is 1. The number of urea groups is 1. The normalized spacial score (nSPS) is 24.6. The number of carbonyl (C=O) groups excluding carboxylic acids is 1. The molecule has 1 saturated carbocycles. The Kier molecular flexibility index (Phi) is 4.36. The van der Waals surface area contributed by atoms with E-state index in [0.29, 0.717) is 13.0 Å². The predicted octanol–water partition coefficient (Wildman–Crippen LogP) is 1.80. The highest BCUT2D eigenvalue weighted by Crippen LogP contribution is 2.51. The van der Waals surface area contributed by atoms with Crippen LogP contribution >= 0.6 is 11.8 Å². The monoisotopic (exact) mass is 340 g/mol. The smallest absolute Gasteiger partial charge is 0.315 e. The van der Waals surface area contributed by atoms with Crippen molar-refractivity contribution >= 4 is 27.6 Å². The summed E-state index contributed by atoms with van der Waals surface area (Å²) in [4.78, 5) is 13.1. The van der Waals surface area contributed by atoms with Crippen LogP contribution < -0.4 is 10.6 Å². The Balaban J connectivity index is 1.45. The van der Waals surface area contributed by atoms with Crippen LogP contribution in [0.2, 0.25) is 0 Å². The first-order valence-corrected chi connectivity index (χ1v) is 10.1. The number of hydrogen-bond donors (Lipinski definition) is 2. The maximum atomic E-state index is 11.9. The van der Waals surface area contributed by atoms with Gasteiger partial charge in [-0.25, -0.2) is 13.2 Å². The van der Waals surface area contributed by atoms with Crippen molar-refractivity contribution in [3.63, 3.8) is 0 Å². The van der Waals surface area contributed by atoms with E-state index in [1.807, 2.05) is 18.2 Å². The summed E-state index contributed by atoms with van der Waals surface area (Å²) in [5, 5.41) is 5.65. The Morgan fingerprint density at radius 3 is 2.59 bits per heavy atom. The summed E-state index contributed by atoms with van der Waals surface area (Å²) in [6.45, 7) is 0.609. The van der Waals surface area contributed by atoms with Crippen LogP contribution in [0.15, 0.2) is 35.2 Å². The maximum Gasteiger partial charge on any atom is 0.315 e. The van der Waals surface area contributed by atoms with Gasteiger partial charge in [0.25, 0.3) is 0 Å². The van der Waals surface area contributed by atoms with E-state index in [1.54, 1.807) is 11.8 Å². The van der Waals surface area contributed by atoms with E-state index in [0.717, 1.165) is 12.8 Å². The molecule has 0 aromatic heterocycles. The van der Waals surface area contributed by atoms with Crippen LogP contribution in [-0.4, -0.2) is 43.3 Å². The van der Waals surface area contributed by atoms with Crippen LogP contribution in [0, 0.1) is 0 Å². The molecule has 3 rings (SSSR count). The zero-order chi connectivity index (χ0) is 15.6. The van der Waals surface area contributed by atoms with Crippen molar-refractivity contribution in [1.82, 2.24) is 10.6 Å². The summed E-state index contributed by atoms with van der Waals surface area (Å²) in [6.07, 6.45) is 2.69. The standard InChI is InChI=1S/C15H20N2O3S2/c18-14(17-12-6-9-22(19,20)10-12)16-11-15(7-8-15)21-13-4-2-1-3-5-13/h1-5,12H,6-11H2,(H2,16,17,18)/t12-/m0/s1. The average molecular weight is 340 g/mol. The number of rotatable bonds is 5. The van der Waals surface area contributed by atoms with Gasteiger partial charge in [-0.1, -0.05) is 18.2 Å². The van der Waals surface area contributed by atoms with E-state index in [4.69, 9.17) is 0 Å². The predicted molar refractivity (Wildman–Crippen MR) is 87.9 cm³/mol. The zero-order valence-electron chi connectivity index (χ0n) is 12.2. The van der Waals surface area contributed by atoms with Gasteiger partial charge in [0, 0.05) is 22.2 Å². The van der Waals surface area contributed by atoms with E-state index in [9.17, 15) is 13.2 Å². The molecule has 1 atom stereocenters. The summed E-state index contributed by atoms with van der Waals surface area (Å²) >= 11 is 1.80. The second kappa shape index (κ2) is 6.12. The highest BCUT2D eigenvalue weighted by Gasteiger charge is 2.44. The zero-order valence-corrected chi connectivity index (χ0v) is 13.9. The molecule has 1 aliphatic heterocycles. The van der Waals surface area contributed by atoms with Crippen LogP contribution in [0.5, 0.6) is 0 Å². The van der Waals surface area contributed by atoms with Crippen molar-refractivity contribution in [2.24, 2.45) is 0 Å². The summed E-state index contributed by atoms with van der Waals surface area (Å²) in [6, 6.07) is 9.66. The third kappa shape index (κ3) is 4.16. The van der Waals surface area contributed by atoms with Gasteiger partial charge >= 0.3 is 6.03 Å². The van der Waals surface area contributed by atoms with Gasteiger partial charge in [-0.05, 0) is 31.4 Å². The Hall–Kier alpha value is -1.21. The lowest BCUT2D eigenvalue weighted by atomic mass is 10.3. The maximum absolute atomic E-state index is 11.9. The van der Waals surface area contributed by atoms with Gasteiger partial charge in [0.2, 0.25) is 0 Å². The molecular weight excluding hydrogens is 320 g/mol. The van der Waals surface area contributed by atoms with Gasteiger partial charge in [0.1, 0.15) is 0 Å². The lowest BCUT2D eigenvalue weighted by Crippen LogP contribution is -2.45. The minimum absolute atomic E-state index is 0.0598. The third-order valence-electron chi connectivity index (χ3n) is 4.02. The molecule has 1 saturated heterocycles. The van der Waals surface area contributed by atoms with Crippen molar-refractivity contribution in [1.29, 1.82) is 0 Å². The number of hydrogen-bond acceptors (Lipinski definition) is 4. The van der Waals surface area contributed by atoms with Gasteiger partial charge in [0.05, 0.1) is 11.5 Å². The summed E-state index contributed by atoms with van der Waals surface area (Å²) in [5.41, 5.74) is 0. The Bertz CT molecular complexity index is 642. The topological polar surface area (TPSA) is 75.3 Å². The fourth-order valence-electron chi connectivity index (χ4n) is 2.58. The highest BCUT2D eigenvalue weighted by atomic mass is 32.2. The number of amides is 2. The molecule has 1 aliphatic carbocycles. The fourth-order valence-corrected chi connectivity index (χ4v) is 5.50. The molecule has 7 heteroatoms. The van der Waals surface area contributed by atoms with Crippen LogP contribution in [0.1, 0.15) is 19.3 Å². The first-order valence-electron chi connectivity index (χ1n) is 7.45. The second-order valence-electron chi connectivity index (χ2n) is 6.03.